The van der Waals surface area contributed by atoms with E-state index in [1.54, 1.807) is 13.8 Å². The van der Waals surface area contributed by atoms with E-state index in [0.717, 1.165) is 66.1 Å². The van der Waals surface area contributed by atoms with E-state index in [2.05, 4.69) is 16.0 Å². The van der Waals surface area contributed by atoms with Crippen molar-refractivity contribution in [3.8, 4) is 0 Å². The molecule has 0 aromatic heterocycles. The van der Waals surface area contributed by atoms with Gasteiger partial charge in [-0.25, -0.2) is 8.78 Å². The van der Waals surface area contributed by atoms with Crippen LogP contribution < -0.4 is 16.0 Å². The highest BCUT2D eigenvalue weighted by molar-refractivity contribution is 5.98. The molecule has 0 spiro atoms. The van der Waals surface area contributed by atoms with Crippen LogP contribution in [0.15, 0.2) is 12.1 Å². The molecule has 5 aliphatic rings. The van der Waals surface area contributed by atoms with E-state index < -0.39 is 187 Å². The summed E-state index contributed by atoms with van der Waals surface area (Å²) < 4.78 is 82.6. The molecular weight excluding hydrogens is 1360 g/mol. The Morgan fingerprint density at radius 1 is 0.644 bits per heavy atom. The van der Waals surface area contributed by atoms with Crippen molar-refractivity contribution < 1.29 is 89.0 Å². The molecule has 1 aromatic carbocycles. The fourth-order valence-corrected chi connectivity index (χ4v) is 14.9. The lowest BCUT2D eigenvalue weighted by atomic mass is 9.82. The highest BCUT2D eigenvalue weighted by Crippen LogP contribution is 2.36. The minimum Gasteiger partial charge on any atom is -0.378 e. The van der Waals surface area contributed by atoms with Gasteiger partial charge in [-0.2, -0.15) is 13.2 Å². The van der Waals surface area contributed by atoms with E-state index in [4.69, 9.17) is 9.47 Å². The SMILES string of the molecule is CCO[C@@H]1C[C@H]2C(=O)NCCCCC(=O)N(C)[C@@H](C3CCCCC3)C(=O)N(C)[C@H](C(=O)N3CCOCC3)CC(=O)N(C)[C@@H](CC(C)C)C(=O)N[C@@H]([C@@H](C)CC)C(=O)N(C)CC(=O)N(C)CC(=O)N(C)[C@@H](CC3CCCCC3)C(=O)N(C)CC(=O)N[C@@H](CCc3cc(F)c(C(F)(F)F)c(F)c3)C(=O)N2C1. The molecular formula is C73H113F5N12O14. The van der Waals surface area contributed by atoms with Crippen molar-refractivity contribution >= 4 is 70.9 Å². The van der Waals surface area contributed by atoms with Gasteiger partial charge in [0.15, 0.2) is 0 Å². The number of halogens is 5. The van der Waals surface area contributed by atoms with Crippen LogP contribution in [0, 0.1) is 35.3 Å². The quantitative estimate of drug-likeness (QED) is 0.225. The first-order chi connectivity index (χ1) is 49.1. The van der Waals surface area contributed by atoms with Gasteiger partial charge in [0.05, 0.1) is 45.4 Å². The third-order valence-corrected chi connectivity index (χ3v) is 21.4. The van der Waals surface area contributed by atoms with Gasteiger partial charge < -0.3 is 69.5 Å². The lowest BCUT2D eigenvalue weighted by molar-refractivity contribution is -0.156. The lowest BCUT2D eigenvalue weighted by Crippen LogP contribution is -2.60. The van der Waals surface area contributed by atoms with Gasteiger partial charge in [-0.3, -0.25) is 57.5 Å². The molecule has 3 N–H and O–H groups in total. The zero-order valence-electron chi connectivity index (χ0n) is 62.9. The Morgan fingerprint density at radius 2 is 1.24 bits per heavy atom. The third-order valence-electron chi connectivity index (χ3n) is 21.4. The van der Waals surface area contributed by atoms with Crippen LogP contribution in [0.25, 0.3) is 0 Å². The molecule has 3 saturated heterocycles. The molecule has 3 heterocycles. The van der Waals surface area contributed by atoms with E-state index in [9.17, 15) is 61.1 Å². The Morgan fingerprint density at radius 3 is 1.84 bits per heavy atom. The van der Waals surface area contributed by atoms with Crippen LogP contribution in [-0.2, 0) is 79.6 Å². The number of morpholine rings is 1. The number of ether oxygens (including phenoxy) is 2. The highest BCUT2D eigenvalue weighted by Gasteiger charge is 2.46. The Hall–Kier alpha value is -7.57. The Balaban J connectivity index is 1.37. The number of carbonyl (C=O) groups excluding carboxylic acids is 12. The molecule has 2 saturated carbocycles. The average molecular weight is 1480 g/mol. The van der Waals surface area contributed by atoms with Crippen molar-refractivity contribution in [3.63, 3.8) is 0 Å². The summed E-state index contributed by atoms with van der Waals surface area (Å²) in [6, 6.07) is -8.03. The normalized spacial score (nSPS) is 26.3. The number of hydrogen-bond acceptors (Lipinski definition) is 14. The Bertz CT molecular complexity index is 3140. The van der Waals surface area contributed by atoms with Crippen LogP contribution >= 0.6 is 0 Å². The Kier molecular flexibility index (Phi) is 32.6. The number of nitrogens with one attached hydrogen (secondary N) is 3. The highest BCUT2D eigenvalue weighted by atomic mass is 19.4. The molecule has 12 amide bonds. The molecule has 3 aliphatic heterocycles. The second-order valence-electron chi connectivity index (χ2n) is 29.5. The van der Waals surface area contributed by atoms with E-state index in [0.29, 0.717) is 31.4 Å². The summed E-state index contributed by atoms with van der Waals surface area (Å²) in [4.78, 5) is 187. The number of carbonyl (C=O) groups is 12. The van der Waals surface area contributed by atoms with Crippen molar-refractivity contribution in [2.45, 2.75) is 218 Å². The summed E-state index contributed by atoms with van der Waals surface area (Å²) in [5, 5.41) is 8.34. The maximum absolute atomic E-state index is 15.4. The summed E-state index contributed by atoms with van der Waals surface area (Å²) in [6.07, 6.45) is 1.10. The van der Waals surface area contributed by atoms with Gasteiger partial charge in [-0.05, 0) is 99.7 Å². The summed E-state index contributed by atoms with van der Waals surface area (Å²) in [5.41, 5.74) is -2.42. The maximum atomic E-state index is 15.4. The van der Waals surface area contributed by atoms with Crippen LogP contribution in [-0.4, -0.2) is 278 Å². The predicted molar refractivity (Wildman–Crippen MR) is 374 cm³/mol. The number of rotatable bonds is 13. The second-order valence-corrected chi connectivity index (χ2v) is 29.5. The molecule has 9 atom stereocenters. The molecule has 0 radical (unpaired) electrons. The largest absolute Gasteiger partial charge is 0.422 e. The van der Waals surface area contributed by atoms with Crippen LogP contribution in [0.1, 0.15) is 168 Å². The number of alkyl halides is 3. The predicted octanol–water partition coefficient (Wildman–Crippen LogP) is 4.77. The molecule has 6 rings (SSSR count). The fourth-order valence-electron chi connectivity index (χ4n) is 14.9. The summed E-state index contributed by atoms with van der Waals surface area (Å²) in [5.74, 6) is -13.0. The first-order valence-electron chi connectivity index (χ1n) is 37.1. The van der Waals surface area contributed by atoms with E-state index in [-0.39, 0.29) is 108 Å². The molecule has 0 unspecified atom stereocenters. The fraction of sp³-hybridized carbons (Fsp3) is 0.753. The zero-order chi connectivity index (χ0) is 77.0. The van der Waals surface area contributed by atoms with Crippen LogP contribution in [0.3, 0.4) is 0 Å². The topological polar surface area (TPSA) is 289 Å². The molecule has 104 heavy (non-hydrogen) atoms. The number of benzene rings is 1. The van der Waals surface area contributed by atoms with Gasteiger partial charge in [0.25, 0.3) is 0 Å². The zero-order valence-corrected chi connectivity index (χ0v) is 62.9. The van der Waals surface area contributed by atoms with Gasteiger partial charge in [0.1, 0.15) is 59.5 Å². The van der Waals surface area contributed by atoms with Crippen LogP contribution in [0.2, 0.25) is 0 Å². The number of likely N-dealkylation sites (N-methyl/N-ethyl adjacent to an activating group) is 7. The summed E-state index contributed by atoms with van der Waals surface area (Å²) in [6.45, 7) is 7.80. The van der Waals surface area contributed by atoms with Gasteiger partial charge in [-0.1, -0.05) is 85.5 Å². The molecule has 2 aliphatic carbocycles. The first-order valence-corrected chi connectivity index (χ1v) is 37.1. The summed E-state index contributed by atoms with van der Waals surface area (Å²) >= 11 is 0. The van der Waals surface area contributed by atoms with E-state index in [1.165, 1.54) is 78.7 Å². The summed E-state index contributed by atoms with van der Waals surface area (Å²) in [7, 11) is 9.78. The lowest BCUT2D eigenvalue weighted by Gasteiger charge is -2.41. The van der Waals surface area contributed by atoms with Crippen molar-refractivity contribution in [3.05, 3.63) is 34.9 Å². The number of aryl methyl sites for hydroxylation is 1. The van der Waals surface area contributed by atoms with Gasteiger partial charge in [0, 0.05) is 95.0 Å². The third kappa shape index (κ3) is 23.2. The second kappa shape index (κ2) is 39.7. The molecule has 31 heteroatoms. The monoisotopic (exact) mass is 1480 g/mol. The minimum absolute atomic E-state index is 0.00822. The first kappa shape index (κ1) is 85.4. The van der Waals surface area contributed by atoms with E-state index >= 15 is 18.4 Å². The smallest absolute Gasteiger partial charge is 0.378 e. The van der Waals surface area contributed by atoms with Gasteiger partial charge in [0.2, 0.25) is 70.9 Å². The molecule has 1 aromatic rings. The maximum Gasteiger partial charge on any atom is 0.422 e. The van der Waals surface area contributed by atoms with Crippen molar-refractivity contribution in [1.82, 2.24) is 60.0 Å². The van der Waals surface area contributed by atoms with Crippen LogP contribution in [0.5, 0.6) is 0 Å². The number of nitrogens with zero attached hydrogens (tertiary/aromatic N) is 9. The van der Waals surface area contributed by atoms with Crippen LogP contribution in [0.4, 0.5) is 22.0 Å². The van der Waals surface area contributed by atoms with Crippen molar-refractivity contribution in [2.75, 3.05) is 115 Å². The molecule has 0 bridgehead atoms. The number of hydrogen-bond donors (Lipinski definition) is 3. The Labute approximate surface area is 608 Å². The minimum atomic E-state index is -5.38. The molecule has 26 nitrogen and oxygen atoms in total. The average Bonchev–Trinajstić information content (AvgIpc) is 1.03. The molecule has 5 fully saturated rings. The number of amides is 12. The molecule has 584 valence electrons. The van der Waals surface area contributed by atoms with Gasteiger partial charge >= 0.3 is 6.18 Å². The van der Waals surface area contributed by atoms with Crippen molar-refractivity contribution in [2.24, 2.45) is 23.7 Å². The van der Waals surface area contributed by atoms with Gasteiger partial charge in [-0.15, -0.1) is 0 Å². The van der Waals surface area contributed by atoms with E-state index in [1.807, 2.05) is 20.8 Å². The number of fused-ring (bicyclic) bond motifs is 1. The standard InChI is InChI=1S/C73H113F5N12O14/c1-13-46(5)64-71(101)84(8)43-61(94)82(6)44-62(95)86(10)56(38-47-23-17-15-18-24-47)69(99)83(7)42-58(91)80-53(29-28-48-36-51(74)63(52(75)37-48)73(76,77)78)68(98)90-41-50(104-14-2)39-55(90)66(96)79-30-22-21-27-59(92)88(12)65(49-25-19-16-20-26-49)72(102)87(11)57(70(100)89-31-33-103-34-32-89)40-60(93)85(9)54(35-45(3)4)67(97)81-64/h36-37,45-47,49-50,53-57,64-65H,13-35,38-44H2,1-12H3,(H,79,96)(H,80,91)(H,81,97)/t46-,50+,53-,54-,55-,56-,57-,64-,65-/m0/s1. The van der Waals surface area contributed by atoms with Crippen molar-refractivity contribution in [1.29, 1.82) is 0 Å².